The fourth-order valence-corrected chi connectivity index (χ4v) is 2.41. The van der Waals surface area contributed by atoms with E-state index >= 15 is 0 Å². The van der Waals surface area contributed by atoms with Crippen LogP contribution in [0.15, 0.2) is 24.3 Å². The van der Waals surface area contributed by atoms with E-state index in [-0.39, 0.29) is 0 Å². The van der Waals surface area contributed by atoms with Gasteiger partial charge >= 0.3 is 0 Å². The molecule has 0 bridgehead atoms. The first kappa shape index (κ1) is 16.2. The Bertz CT molecular complexity index is 307. The predicted octanol–water partition coefficient (Wildman–Crippen LogP) is 5.26. The second kappa shape index (κ2) is 10.0. The van der Waals surface area contributed by atoms with Crippen LogP contribution in [0.5, 0.6) is 0 Å². The summed E-state index contributed by atoms with van der Waals surface area (Å²) in [6, 6.07) is 9.83. The van der Waals surface area contributed by atoms with Crippen LogP contribution >= 0.6 is 0 Å². The minimum atomic E-state index is 0.542. The van der Waals surface area contributed by atoms with Gasteiger partial charge in [0.25, 0.3) is 0 Å². The van der Waals surface area contributed by atoms with E-state index in [1.54, 1.807) is 0 Å². The Kier molecular flexibility index (Phi) is 8.57. The molecule has 1 rings (SSSR count). The van der Waals surface area contributed by atoms with Crippen molar-refractivity contribution in [3.8, 4) is 0 Å². The van der Waals surface area contributed by atoms with Crippen LogP contribution in [0, 0.1) is 0 Å². The van der Waals surface area contributed by atoms with Crippen LogP contribution in [-0.4, -0.2) is 6.54 Å². The van der Waals surface area contributed by atoms with Gasteiger partial charge in [-0.05, 0) is 43.4 Å². The third-order valence-electron chi connectivity index (χ3n) is 3.69. The van der Waals surface area contributed by atoms with Crippen molar-refractivity contribution in [2.45, 2.75) is 71.8 Å². The van der Waals surface area contributed by atoms with Crippen molar-refractivity contribution in [3.63, 3.8) is 0 Å². The van der Waals surface area contributed by atoms with Crippen molar-refractivity contribution in [2.75, 3.05) is 6.54 Å². The molecule has 0 aliphatic heterocycles. The first-order chi connectivity index (χ1) is 9.31. The molecule has 1 atom stereocenters. The molecule has 0 fully saturated rings. The Morgan fingerprint density at radius 1 is 0.895 bits per heavy atom. The van der Waals surface area contributed by atoms with Crippen LogP contribution in [0.4, 0.5) is 0 Å². The van der Waals surface area contributed by atoms with Crippen LogP contribution in [0.1, 0.15) is 76.5 Å². The number of aryl methyl sites for hydroxylation is 1. The molecule has 1 unspecified atom stereocenters. The minimum absolute atomic E-state index is 0.542. The maximum atomic E-state index is 3.68. The van der Waals surface area contributed by atoms with Gasteiger partial charge in [0.05, 0.1) is 0 Å². The quantitative estimate of drug-likeness (QED) is 0.606. The summed E-state index contributed by atoms with van der Waals surface area (Å²) in [6.45, 7) is 7.87. The van der Waals surface area contributed by atoms with Crippen molar-refractivity contribution >= 4 is 0 Å². The van der Waals surface area contributed by atoms with Crippen LogP contribution in [0.25, 0.3) is 0 Å². The lowest BCUT2D eigenvalue weighted by Crippen LogP contribution is -2.22. The molecule has 0 spiro atoms. The molecule has 1 nitrogen and oxygen atoms in total. The Balaban J connectivity index is 2.61. The minimum Gasteiger partial charge on any atom is -0.310 e. The molecule has 1 heteroatoms. The average Bonchev–Trinajstić information content (AvgIpc) is 2.46. The third-order valence-corrected chi connectivity index (χ3v) is 3.69. The van der Waals surface area contributed by atoms with Crippen molar-refractivity contribution in [3.05, 3.63) is 35.4 Å². The molecule has 1 aromatic carbocycles. The van der Waals surface area contributed by atoms with E-state index in [0.29, 0.717) is 6.04 Å². The van der Waals surface area contributed by atoms with E-state index in [4.69, 9.17) is 0 Å². The maximum absolute atomic E-state index is 3.68. The highest BCUT2D eigenvalue weighted by Crippen LogP contribution is 2.20. The third kappa shape index (κ3) is 6.24. The molecular weight excluding hydrogens is 230 g/mol. The molecule has 0 heterocycles. The summed E-state index contributed by atoms with van der Waals surface area (Å²) in [5, 5.41) is 3.68. The molecule has 0 aliphatic rings. The molecule has 108 valence electrons. The molecule has 1 N–H and O–H groups in total. The molecular formula is C18H31N. The normalized spacial score (nSPS) is 12.6. The van der Waals surface area contributed by atoms with Gasteiger partial charge in [0, 0.05) is 6.04 Å². The summed E-state index contributed by atoms with van der Waals surface area (Å²) in [6.07, 6.45) is 8.84. The van der Waals surface area contributed by atoms with Gasteiger partial charge in [0.1, 0.15) is 0 Å². The SMILES string of the molecule is CCCCc1ccc(C(CCCC)NCCC)cc1. The lowest BCUT2D eigenvalue weighted by Gasteiger charge is -2.19. The molecule has 0 saturated heterocycles. The van der Waals surface area contributed by atoms with E-state index in [1.165, 1.54) is 56.1 Å². The summed E-state index contributed by atoms with van der Waals surface area (Å²) in [4.78, 5) is 0. The Morgan fingerprint density at radius 2 is 1.58 bits per heavy atom. The fourth-order valence-electron chi connectivity index (χ4n) is 2.41. The average molecular weight is 261 g/mol. The molecule has 0 aliphatic carbocycles. The van der Waals surface area contributed by atoms with Crippen molar-refractivity contribution < 1.29 is 0 Å². The van der Waals surface area contributed by atoms with Gasteiger partial charge in [-0.15, -0.1) is 0 Å². The van der Waals surface area contributed by atoms with Gasteiger partial charge in [-0.2, -0.15) is 0 Å². The monoisotopic (exact) mass is 261 g/mol. The topological polar surface area (TPSA) is 12.0 Å². The van der Waals surface area contributed by atoms with Crippen LogP contribution in [0.2, 0.25) is 0 Å². The fraction of sp³-hybridized carbons (Fsp3) is 0.667. The van der Waals surface area contributed by atoms with Gasteiger partial charge in [0.15, 0.2) is 0 Å². The van der Waals surface area contributed by atoms with Crippen molar-refractivity contribution in [1.29, 1.82) is 0 Å². The molecule has 0 radical (unpaired) electrons. The van der Waals surface area contributed by atoms with Crippen LogP contribution < -0.4 is 5.32 Å². The standard InChI is InChI=1S/C18H31N/c1-4-7-9-16-11-13-17(14-12-16)18(10-8-5-2)19-15-6-3/h11-14,18-19H,4-10,15H2,1-3H3. The highest BCUT2D eigenvalue weighted by Gasteiger charge is 2.09. The number of nitrogens with one attached hydrogen (secondary N) is 1. The van der Waals surface area contributed by atoms with E-state index < -0.39 is 0 Å². The maximum Gasteiger partial charge on any atom is 0.0320 e. The number of benzene rings is 1. The first-order valence-corrected chi connectivity index (χ1v) is 8.14. The molecule has 0 saturated carbocycles. The zero-order valence-electron chi connectivity index (χ0n) is 13.0. The zero-order chi connectivity index (χ0) is 13.9. The second-order valence-electron chi connectivity index (χ2n) is 5.49. The van der Waals surface area contributed by atoms with Gasteiger partial charge in [-0.3, -0.25) is 0 Å². The van der Waals surface area contributed by atoms with Crippen molar-refractivity contribution in [2.24, 2.45) is 0 Å². The number of hydrogen-bond acceptors (Lipinski definition) is 1. The lowest BCUT2D eigenvalue weighted by atomic mass is 9.98. The molecule has 1 aromatic rings. The number of rotatable bonds is 10. The van der Waals surface area contributed by atoms with Crippen molar-refractivity contribution in [1.82, 2.24) is 5.32 Å². The van der Waals surface area contributed by atoms with Gasteiger partial charge in [-0.25, -0.2) is 0 Å². The molecule has 0 amide bonds. The highest BCUT2D eigenvalue weighted by molar-refractivity contribution is 5.25. The van der Waals surface area contributed by atoms with Crippen LogP contribution in [0.3, 0.4) is 0 Å². The number of hydrogen-bond donors (Lipinski definition) is 1. The Labute approximate surface area is 119 Å². The van der Waals surface area contributed by atoms with E-state index in [9.17, 15) is 0 Å². The van der Waals surface area contributed by atoms with Crippen LogP contribution in [-0.2, 0) is 6.42 Å². The highest BCUT2D eigenvalue weighted by atomic mass is 14.9. The Morgan fingerprint density at radius 3 is 2.16 bits per heavy atom. The summed E-state index contributed by atoms with van der Waals surface area (Å²) >= 11 is 0. The summed E-state index contributed by atoms with van der Waals surface area (Å²) in [5.74, 6) is 0. The summed E-state index contributed by atoms with van der Waals surface area (Å²) < 4.78 is 0. The van der Waals surface area contributed by atoms with Gasteiger partial charge < -0.3 is 5.32 Å². The predicted molar refractivity (Wildman–Crippen MR) is 85.6 cm³/mol. The lowest BCUT2D eigenvalue weighted by molar-refractivity contribution is 0.481. The Hall–Kier alpha value is -0.820. The smallest absolute Gasteiger partial charge is 0.0320 e. The summed E-state index contributed by atoms with van der Waals surface area (Å²) in [7, 11) is 0. The molecule has 0 aromatic heterocycles. The summed E-state index contributed by atoms with van der Waals surface area (Å²) in [5.41, 5.74) is 2.94. The van der Waals surface area contributed by atoms with Gasteiger partial charge in [0.2, 0.25) is 0 Å². The molecule has 19 heavy (non-hydrogen) atoms. The largest absolute Gasteiger partial charge is 0.310 e. The zero-order valence-corrected chi connectivity index (χ0v) is 13.0. The first-order valence-electron chi connectivity index (χ1n) is 8.14. The van der Waals surface area contributed by atoms with Gasteiger partial charge in [-0.1, -0.05) is 64.3 Å². The number of unbranched alkanes of at least 4 members (excludes halogenated alkanes) is 2. The second-order valence-corrected chi connectivity index (χ2v) is 5.49. The van der Waals surface area contributed by atoms with E-state index in [2.05, 4.69) is 50.4 Å². The van der Waals surface area contributed by atoms with E-state index in [0.717, 1.165) is 6.54 Å². The van der Waals surface area contributed by atoms with E-state index in [1.807, 2.05) is 0 Å².